The van der Waals surface area contributed by atoms with Gasteiger partial charge in [-0.1, -0.05) is 139 Å². The van der Waals surface area contributed by atoms with Gasteiger partial charge in [0.1, 0.15) is 12.5 Å². The average molecular weight is 667 g/mol. The summed E-state index contributed by atoms with van der Waals surface area (Å²) in [5.74, 6) is 0. The molecule has 0 saturated carbocycles. The first-order valence-electron chi connectivity index (χ1n) is 18.1. The summed E-state index contributed by atoms with van der Waals surface area (Å²) in [4.78, 5) is 1.79. The molecule has 0 bridgehead atoms. The van der Waals surface area contributed by atoms with Crippen LogP contribution >= 0.6 is 0 Å². The fourth-order valence-electron chi connectivity index (χ4n) is 7.82. The Morgan fingerprint density at radius 2 is 0.851 bits per heavy atom. The molecule has 4 aromatic rings. The predicted octanol–water partition coefficient (Wildman–Crippen LogP) is 12.3. The van der Waals surface area contributed by atoms with Crippen molar-refractivity contribution in [2.24, 2.45) is 0 Å². The molecular weight excluding hydrogens is 613 g/mol. The van der Waals surface area contributed by atoms with E-state index in [1.165, 1.54) is 99.3 Å². The van der Waals surface area contributed by atoms with Crippen molar-refractivity contribution in [1.82, 2.24) is 0 Å². The van der Waals surface area contributed by atoms with Crippen molar-refractivity contribution in [3.05, 3.63) is 96.1 Å². The van der Waals surface area contributed by atoms with Gasteiger partial charge in [-0.25, -0.2) is 0 Å². The third kappa shape index (κ3) is 8.21. The zero-order valence-electron chi connectivity index (χ0n) is 29.1. The van der Waals surface area contributed by atoms with E-state index in [0.29, 0.717) is 0 Å². The molecule has 47 heavy (non-hydrogen) atoms. The summed E-state index contributed by atoms with van der Waals surface area (Å²) in [7, 11) is 0. The lowest BCUT2D eigenvalue weighted by Gasteiger charge is -2.33. The van der Waals surface area contributed by atoms with E-state index in [4.69, 9.17) is 0 Å². The molecule has 0 N–H and O–H groups in total. The number of rotatable bonds is 18. The molecule has 2 nitrogen and oxygen atoms in total. The monoisotopic (exact) mass is 666 g/mol. The van der Waals surface area contributed by atoms with Crippen LogP contribution in [-0.2, 0) is 27.8 Å². The van der Waals surface area contributed by atoms with Crippen LogP contribution in [0, 0.1) is 0 Å². The van der Waals surface area contributed by atoms with Gasteiger partial charge in [-0.2, -0.15) is 0 Å². The first kappa shape index (κ1) is 35.8. The molecule has 1 aliphatic rings. The zero-order chi connectivity index (χ0) is 33.2. The van der Waals surface area contributed by atoms with E-state index in [1.807, 2.05) is 24.3 Å². The average Bonchev–Trinajstić information content (AvgIpc) is 3.36. The molecule has 2 atom stereocenters. The minimum atomic E-state index is -1.07. The Labute approximate surface area is 291 Å². The lowest BCUT2D eigenvalue weighted by molar-refractivity contribution is 0.398. The Hall–Kier alpha value is -2.50. The highest BCUT2D eigenvalue weighted by Crippen LogP contribution is 2.56. The molecule has 0 amide bonds. The van der Waals surface area contributed by atoms with E-state index in [0.717, 1.165) is 44.9 Å². The summed E-state index contributed by atoms with van der Waals surface area (Å²) < 4.78 is 25.6. The van der Waals surface area contributed by atoms with E-state index >= 15 is 0 Å². The molecule has 4 aromatic carbocycles. The third-order valence-corrected chi connectivity index (χ3v) is 12.2. The van der Waals surface area contributed by atoms with E-state index in [1.54, 1.807) is 12.5 Å². The maximum absolute atomic E-state index is 12.8. The molecule has 1 aliphatic carbocycles. The highest BCUT2D eigenvalue weighted by molar-refractivity contribution is 7.91. The molecule has 5 rings (SSSR count). The normalized spacial score (nSPS) is 14.5. The first-order valence-corrected chi connectivity index (χ1v) is 21.2. The van der Waals surface area contributed by atoms with Gasteiger partial charge in [0.25, 0.3) is 0 Å². The second kappa shape index (κ2) is 17.2. The lowest BCUT2D eigenvalue weighted by atomic mass is 9.70. The predicted molar refractivity (Wildman–Crippen MR) is 204 cm³/mol. The SMILES string of the molecule is CCCCCCCCC1(CCCCCCCC)c2cc(-c3ccccc3[S+](C)[O-])ccc2-c2ccc(-c3ccccc3[S+](C)[O-])cc21. The fourth-order valence-corrected chi connectivity index (χ4v) is 9.35. The molecule has 2 unspecified atom stereocenters. The van der Waals surface area contributed by atoms with Gasteiger partial charge in [0.05, 0.1) is 0 Å². The standard InChI is InChI=1S/C43H54O2S2/c1-5-7-9-11-13-19-29-43(30-20-14-12-10-8-6-2)39-31-33(35-21-15-17-23-41(35)46(3)44)25-27-37(39)38-28-26-34(32-40(38)43)36-22-16-18-24-42(36)47(4)45/h15-18,21-28,31-32H,5-14,19-20,29-30H2,1-4H3. The maximum Gasteiger partial charge on any atom is 0.160 e. The van der Waals surface area contributed by atoms with Crippen LogP contribution in [-0.4, -0.2) is 21.6 Å². The van der Waals surface area contributed by atoms with Crippen molar-refractivity contribution in [3.8, 4) is 33.4 Å². The summed E-state index contributed by atoms with van der Waals surface area (Å²) in [6.45, 7) is 4.57. The van der Waals surface area contributed by atoms with Crippen LogP contribution in [0.25, 0.3) is 33.4 Å². The summed E-state index contributed by atoms with van der Waals surface area (Å²) in [6.07, 6.45) is 21.2. The van der Waals surface area contributed by atoms with Crippen molar-refractivity contribution < 1.29 is 9.11 Å². The van der Waals surface area contributed by atoms with Crippen LogP contribution in [0.1, 0.15) is 115 Å². The van der Waals surface area contributed by atoms with Crippen LogP contribution in [0.3, 0.4) is 0 Å². The van der Waals surface area contributed by atoms with Gasteiger partial charge in [-0.15, -0.1) is 0 Å². The van der Waals surface area contributed by atoms with Crippen molar-refractivity contribution in [2.75, 3.05) is 12.5 Å². The van der Waals surface area contributed by atoms with Crippen LogP contribution in [0.4, 0.5) is 0 Å². The Balaban J connectivity index is 1.63. The fraction of sp³-hybridized carbons (Fsp3) is 0.442. The van der Waals surface area contributed by atoms with Gasteiger partial charge in [-0.05, 0) is 105 Å². The molecule has 0 radical (unpaired) electrons. The molecule has 0 heterocycles. The van der Waals surface area contributed by atoms with Crippen molar-refractivity contribution in [2.45, 2.75) is 119 Å². The van der Waals surface area contributed by atoms with E-state index < -0.39 is 22.4 Å². The lowest BCUT2D eigenvalue weighted by Crippen LogP contribution is -2.25. The minimum Gasteiger partial charge on any atom is -0.612 e. The summed E-state index contributed by atoms with van der Waals surface area (Å²) in [5, 5.41) is 0. The van der Waals surface area contributed by atoms with E-state index in [-0.39, 0.29) is 5.41 Å². The van der Waals surface area contributed by atoms with Crippen LogP contribution in [0.5, 0.6) is 0 Å². The van der Waals surface area contributed by atoms with Crippen molar-refractivity contribution in [3.63, 3.8) is 0 Å². The van der Waals surface area contributed by atoms with E-state index in [9.17, 15) is 9.11 Å². The van der Waals surface area contributed by atoms with Crippen molar-refractivity contribution >= 4 is 22.4 Å². The Bertz CT molecular complexity index is 1470. The number of unbranched alkanes of at least 4 members (excludes halogenated alkanes) is 10. The largest absolute Gasteiger partial charge is 0.612 e. The van der Waals surface area contributed by atoms with Crippen LogP contribution in [0.2, 0.25) is 0 Å². The van der Waals surface area contributed by atoms with Gasteiger partial charge >= 0.3 is 0 Å². The van der Waals surface area contributed by atoms with Gasteiger partial charge in [0.2, 0.25) is 0 Å². The van der Waals surface area contributed by atoms with Crippen LogP contribution < -0.4 is 0 Å². The quantitative estimate of drug-likeness (QED) is 0.0783. The van der Waals surface area contributed by atoms with Gasteiger partial charge in [0.15, 0.2) is 9.79 Å². The second-order valence-electron chi connectivity index (χ2n) is 13.5. The molecular formula is C43H54O2S2. The second-order valence-corrected chi connectivity index (χ2v) is 16.2. The number of hydrogen-bond donors (Lipinski definition) is 0. The molecule has 4 heteroatoms. The first-order chi connectivity index (χ1) is 22.9. The topological polar surface area (TPSA) is 46.1 Å². The van der Waals surface area contributed by atoms with Crippen molar-refractivity contribution in [1.29, 1.82) is 0 Å². The molecule has 0 aromatic heterocycles. The molecule has 0 fully saturated rings. The summed E-state index contributed by atoms with van der Waals surface area (Å²) in [6, 6.07) is 30.4. The zero-order valence-corrected chi connectivity index (χ0v) is 30.7. The minimum absolute atomic E-state index is 0.0905. The smallest absolute Gasteiger partial charge is 0.160 e. The summed E-state index contributed by atoms with van der Waals surface area (Å²) in [5.41, 5.74) is 9.92. The molecule has 0 spiro atoms. The highest BCUT2D eigenvalue weighted by Gasteiger charge is 2.43. The van der Waals surface area contributed by atoms with Gasteiger partial charge < -0.3 is 9.11 Å². The highest BCUT2D eigenvalue weighted by atomic mass is 32.2. The molecule has 0 aliphatic heterocycles. The van der Waals surface area contributed by atoms with Crippen LogP contribution in [0.15, 0.2) is 94.7 Å². The molecule has 250 valence electrons. The summed E-state index contributed by atoms with van der Waals surface area (Å²) >= 11 is -2.14. The molecule has 0 saturated heterocycles. The Morgan fingerprint density at radius 1 is 0.468 bits per heavy atom. The number of fused-ring (bicyclic) bond motifs is 3. The maximum atomic E-state index is 12.8. The van der Waals surface area contributed by atoms with Gasteiger partial charge in [-0.3, -0.25) is 0 Å². The number of hydrogen-bond acceptors (Lipinski definition) is 2. The van der Waals surface area contributed by atoms with Gasteiger partial charge in [0, 0.05) is 16.5 Å². The van der Waals surface area contributed by atoms with E-state index in [2.05, 4.69) is 74.5 Å². The Morgan fingerprint density at radius 3 is 1.26 bits per heavy atom. The Kier molecular flexibility index (Phi) is 13.1. The third-order valence-electron chi connectivity index (χ3n) is 10.3. The number of benzene rings is 4.